The molecule has 1 aromatic heterocycles. The van der Waals surface area contributed by atoms with E-state index in [1.54, 1.807) is 6.07 Å². The molecule has 6 nitrogen and oxygen atoms in total. The van der Waals surface area contributed by atoms with Crippen LogP contribution in [0.15, 0.2) is 18.2 Å². The van der Waals surface area contributed by atoms with Crippen molar-refractivity contribution in [1.29, 1.82) is 0 Å². The van der Waals surface area contributed by atoms with E-state index in [1.165, 1.54) is 19.1 Å². The molecule has 7 heteroatoms. The van der Waals surface area contributed by atoms with Crippen LogP contribution in [0.3, 0.4) is 0 Å². The molecule has 1 aromatic carbocycles. The predicted octanol–water partition coefficient (Wildman–Crippen LogP) is 2.10. The Morgan fingerprint density at radius 3 is 3.05 bits per heavy atom. The van der Waals surface area contributed by atoms with Crippen LogP contribution in [0.4, 0.5) is 5.69 Å². The lowest BCUT2D eigenvalue weighted by Gasteiger charge is -1.91. The molecule has 96 valence electrons. The van der Waals surface area contributed by atoms with Crippen molar-refractivity contribution < 1.29 is 9.72 Å². The number of fused-ring (bicyclic) bond motifs is 1. The lowest BCUT2D eigenvalue weighted by Crippen LogP contribution is -1.87. The van der Waals surface area contributed by atoms with Gasteiger partial charge in [0.05, 0.1) is 16.2 Å². The number of nitrogens with zero attached hydrogens (tertiary/aromatic N) is 2. The van der Waals surface area contributed by atoms with Crippen molar-refractivity contribution in [2.24, 2.45) is 0 Å². The number of carbonyl (C=O) groups is 1. The van der Waals surface area contributed by atoms with Crippen molar-refractivity contribution in [2.75, 3.05) is 5.75 Å². The maximum Gasteiger partial charge on any atom is 0.270 e. The molecule has 0 aliphatic rings. The number of H-pyrrole nitrogens is 1. The van der Waals surface area contributed by atoms with Crippen LogP contribution in [0.1, 0.15) is 12.6 Å². The molecule has 1 N–H and O–H groups in total. The summed E-state index contributed by atoms with van der Waals surface area (Å²) in [4.78, 5) is 21.0. The zero-order chi connectivity index (χ0) is 13.8. The summed E-state index contributed by atoms with van der Waals surface area (Å²) in [6.45, 7) is 1.47. The Morgan fingerprint density at radius 1 is 1.58 bits per heavy atom. The Morgan fingerprint density at radius 2 is 2.37 bits per heavy atom. The van der Waals surface area contributed by atoms with E-state index in [0.717, 1.165) is 11.8 Å². The number of nitro groups is 1. The Labute approximate surface area is 112 Å². The van der Waals surface area contributed by atoms with Gasteiger partial charge in [0.2, 0.25) is 0 Å². The lowest BCUT2D eigenvalue weighted by molar-refractivity contribution is -0.384. The van der Waals surface area contributed by atoms with Crippen LogP contribution >= 0.6 is 11.8 Å². The minimum Gasteiger partial charge on any atom is -0.288 e. The number of hydrogen-bond donors (Lipinski definition) is 1. The second-order valence-electron chi connectivity index (χ2n) is 3.64. The number of aromatic nitrogens is 2. The number of hydrogen-bond acceptors (Lipinski definition) is 5. The monoisotopic (exact) mass is 275 g/mol. The first-order valence-electron chi connectivity index (χ1n) is 5.32. The number of nitro benzene ring substituents is 1. The second-order valence-corrected chi connectivity index (χ2v) is 4.79. The third kappa shape index (κ3) is 3.11. The largest absolute Gasteiger partial charge is 0.288 e. The molecule has 0 aliphatic heterocycles. The zero-order valence-corrected chi connectivity index (χ0v) is 10.8. The van der Waals surface area contributed by atoms with Gasteiger partial charge in [-0.15, -0.1) is 0 Å². The van der Waals surface area contributed by atoms with Crippen LogP contribution in [0.25, 0.3) is 10.9 Å². The van der Waals surface area contributed by atoms with E-state index in [1.807, 2.05) is 0 Å². The van der Waals surface area contributed by atoms with E-state index in [2.05, 4.69) is 22.0 Å². The summed E-state index contributed by atoms with van der Waals surface area (Å²) in [5.74, 6) is 6.02. The number of carbonyl (C=O) groups excluding carboxylic acids is 1. The fourth-order valence-electron chi connectivity index (χ4n) is 1.47. The molecule has 0 atom stereocenters. The molecule has 0 bridgehead atoms. The summed E-state index contributed by atoms with van der Waals surface area (Å²) in [7, 11) is 0. The molecular formula is C12H9N3O3S. The minimum absolute atomic E-state index is 0.000549. The van der Waals surface area contributed by atoms with Gasteiger partial charge in [-0.3, -0.25) is 20.0 Å². The van der Waals surface area contributed by atoms with Gasteiger partial charge >= 0.3 is 0 Å². The molecule has 1 heterocycles. The van der Waals surface area contributed by atoms with Gasteiger partial charge < -0.3 is 0 Å². The maximum atomic E-state index is 10.7. The summed E-state index contributed by atoms with van der Waals surface area (Å²) in [6.07, 6.45) is 0. The molecule has 0 amide bonds. The highest BCUT2D eigenvalue weighted by Crippen LogP contribution is 2.21. The van der Waals surface area contributed by atoms with Crippen LogP contribution in [0.5, 0.6) is 0 Å². The molecule has 19 heavy (non-hydrogen) atoms. The van der Waals surface area contributed by atoms with Crippen LogP contribution in [-0.4, -0.2) is 26.0 Å². The van der Waals surface area contributed by atoms with Gasteiger partial charge in [0.1, 0.15) is 5.69 Å². The van der Waals surface area contributed by atoms with Crippen LogP contribution in [0.2, 0.25) is 0 Å². The Kier molecular flexibility index (Phi) is 3.82. The Hall–Kier alpha value is -2.33. The molecule has 0 spiro atoms. The van der Waals surface area contributed by atoms with Crippen molar-refractivity contribution in [3.05, 3.63) is 34.0 Å². The van der Waals surface area contributed by atoms with Crippen LogP contribution in [0, 0.1) is 22.0 Å². The van der Waals surface area contributed by atoms with E-state index in [9.17, 15) is 14.9 Å². The number of rotatable bonds is 2. The van der Waals surface area contributed by atoms with E-state index in [0.29, 0.717) is 22.3 Å². The number of thioether (sulfide) groups is 1. The number of non-ortho nitro benzene ring substituents is 1. The third-order valence-electron chi connectivity index (χ3n) is 2.31. The summed E-state index contributed by atoms with van der Waals surface area (Å²) in [6, 6.07) is 4.40. The highest BCUT2D eigenvalue weighted by Gasteiger charge is 2.10. The van der Waals surface area contributed by atoms with Gasteiger partial charge in [-0.1, -0.05) is 17.7 Å². The fourth-order valence-corrected chi connectivity index (χ4v) is 1.82. The number of nitrogens with one attached hydrogen (secondary N) is 1. The summed E-state index contributed by atoms with van der Waals surface area (Å²) < 4.78 is 0. The van der Waals surface area contributed by atoms with E-state index >= 15 is 0 Å². The normalized spacial score (nSPS) is 9.95. The lowest BCUT2D eigenvalue weighted by atomic mass is 10.2. The Bertz CT molecular complexity index is 712. The quantitative estimate of drug-likeness (QED) is 0.515. The fraction of sp³-hybridized carbons (Fsp3) is 0.167. The molecule has 0 unspecified atom stereocenters. The van der Waals surface area contributed by atoms with E-state index in [-0.39, 0.29) is 10.8 Å². The number of benzene rings is 1. The zero-order valence-electron chi connectivity index (χ0n) is 9.97. The molecule has 0 radical (unpaired) electrons. The van der Waals surface area contributed by atoms with E-state index < -0.39 is 4.92 Å². The molecule has 0 fully saturated rings. The smallest absolute Gasteiger partial charge is 0.270 e. The van der Waals surface area contributed by atoms with Crippen LogP contribution in [-0.2, 0) is 4.79 Å². The third-order valence-corrected chi connectivity index (χ3v) is 3.00. The van der Waals surface area contributed by atoms with Crippen molar-refractivity contribution in [3.8, 4) is 11.8 Å². The number of aromatic amines is 1. The van der Waals surface area contributed by atoms with Gasteiger partial charge in [0, 0.05) is 24.4 Å². The molecule has 2 aromatic rings. The SMILES string of the molecule is CC(=O)SCC#Cc1[nH]nc2ccc([N+](=O)[O-])cc12. The van der Waals surface area contributed by atoms with Gasteiger partial charge in [-0.25, -0.2) is 0 Å². The molecular weight excluding hydrogens is 266 g/mol. The standard InChI is InChI=1S/C12H9N3O3S/c1-8(16)19-6-2-3-11-10-7-9(15(17)18)4-5-12(10)14-13-11/h4-5,7H,6H2,1H3,(H,13,14). The molecule has 0 saturated carbocycles. The molecule has 0 aliphatic carbocycles. The maximum absolute atomic E-state index is 10.7. The van der Waals surface area contributed by atoms with Gasteiger partial charge in [0.15, 0.2) is 5.12 Å². The van der Waals surface area contributed by atoms with Crippen LogP contribution < -0.4 is 0 Å². The van der Waals surface area contributed by atoms with Crippen molar-refractivity contribution >= 4 is 33.5 Å². The average Bonchev–Trinajstić information content (AvgIpc) is 2.76. The van der Waals surface area contributed by atoms with Gasteiger partial charge in [-0.2, -0.15) is 5.10 Å². The average molecular weight is 275 g/mol. The first kappa shape index (κ1) is 13.1. The first-order valence-corrected chi connectivity index (χ1v) is 6.31. The highest BCUT2D eigenvalue weighted by molar-refractivity contribution is 8.13. The van der Waals surface area contributed by atoms with E-state index in [4.69, 9.17) is 0 Å². The Balaban J connectivity index is 2.30. The topological polar surface area (TPSA) is 88.9 Å². The molecule has 0 saturated heterocycles. The molecule has 2 rings (SSSR count). The summed E-state index contributed by atoms with van der Waals surface area (Å²) in [5, 5.41) is 18.1. The van der Waals surface area contributed by atoms with Crippen molar-refractivity contribution in [3.63, 3.8) is 0 Å². The van der Waals surface area contributed by atoms with Gasteiger partial charge in [0.25, 0.3) is 5.69 Å². The minimum atomic E-state index is -0.463. The van der Waals surface area contributed by atoms with Crippen molar-refractivity contribution in [2.45, 2.75) is 6.92 Å². The summed E-state index contributed by atoms with van der Waals surface area (Å²) >= 11 is 1.11. The first-order chi connectivity index (χ1) is 9.08. The van der Waals surface area contributed by atoms with Gasteiger partial charge in [-0.05, 0) is 12.0 Å². The second kappa shape index (κ2) is 5.54. The predicted molar refractivity (Wildman–Crippen MR) is 72.8 cm³/mol. The highest BCUT2D eigenvalue weighted by atomic mass is 32.2. The summed E-state index contributed by atoms with van der Waals surface area (Å²) in [5.41, 5.74) is 1.13. The van der Waals surface area contributed by atoms with Crippen molar-refractivity contribution in [1.82, 2.24) is 10.2 Å².